The van der Waals surface area contributed by atoms with Crippen LogP contribution in [0.25, 0.3) is 0 Å². The molecule has 0 radical (unpaired) electrons. The number of hydrogen-bond donors (Lipinski definition) is 1. The molecule has 1 saturated heterocycles. The van der Waals surface area contributed by atoms with E-state index in [0.717, 1.165) is 17.0 Å². The molecule has 0 aromatic heterocycles. The van der Waals surface area contributed by atoms with E-state index in [1.54, 1.807) is 55.1 Å². The number of hydrogen-bond acceptors (Lipinski definition) is 5. The Morgan fingerprint density at radius 2 is 1.71 bits per heavy atom. The maximum absolute atomic E-state index is 12.7. The van der Waals surface area contributed by atoms with Crippen molar-refractivity contribution in [1.29, 1.82) is 0 Å². The molecule has 0 bridgehead atoms. The first-order valence-corrected chi connectivity index (χ1v) is 10.8. The topological polar surface area (TPSA) is 67.9 Å². The van der Waals surface area contributed by atoms with Gasteiger partial charge in [-0.25, -0.2) is 0 Å². The highest BCUT2D eigenvalue weighted by Crippen LogP contribution is 2.42. The van der Waals surface area contributed by atoms with Gasteiger partial charge in [0.1, 0.15) is 16.9 Å². The zero-order valence-electron chi connectivity index (χ0n) is 17.2. The van der Waals surface area contributed by atoms with Crippen LogP contribution in [0, 0.1) is 0 Å². The first-order chi connectivity index (χ1) is 15.1. The lowest BCUT2D eigenvalue weighted by Gasteiger charge is -2.25. The molecule has 1 heterocycles. The molecule has 31 heavy (non-hydrogen) atoms. The minimum atomic E-state index is -0.224. The van der Waals surface area contributed by atoms with Crippen molar-refractivity contribution in [3.8, 4) is 11.5 Å². The summed E-state index contributed by atoms with van der Waals surface area (Å²) in [5.74, 6) is 1.58. The molecule has 3 aromatic rings. The van der Waals surface area contributed by atoms with Crippen LogP contribution in [0.3, 0.4) is 0 Å². The fourth-order valence-corrected chi connectivity index (χ4v) is 4.60. The highest BCUT2D eigenvalue weighted by Gasteiger charge is 2.34. The molecule has 0 aliphatic carbocycles. The minimum absolute atomic E-state index is 0.0472. The van der Waals surface area contributed by atoms with Crippen LogP contribution in [0.1, 0.15) is 21.3 Å². The van der Waals surface area contributed by atoms with Crippen molar-refractivity contribution in [3.05, 3.63) is 83.9 Å². The lowest BCUT2D eigenvalue weighted by molar-refractivity contribution is -0.115. The van der Waals surface area contributed by atoms with Gasteiger partial charge in [-0.3, -0.25) is 14.5 Å². The first kappa shape index (κ1) is 20.8. The highest BCUT2D eigenvalue weighted by atomic mass is 32.2. The van der Waals surface area contributed by atoms with Crippen molar-refractivity contribution in [3.63, 3.8) is 0 Å². The van der Waals surface area contributed by atoms with Crippen LogP contribution in [0.15, 0.2) is 72.8 Å². The summed E-state index contributed by atoms with van der Waals surface area (Å²) in [6, 6.07) is 22.0. The Labute approximate surface area is 185 Å². The van der Waals surface area contributed by atoms with E-state index in [-0.39, 0.29) is 17.2 Å². The summed E-state index contributed by atoms with van der Waals surface area (Å²) in [6.45, 7) is 0. The Balaban J connectivity index is 1.56. The van der Waals surface area contributed by atoms with Crippen molar-refractivity contribution in [2.24, 2.45) is 0 Å². The average Bonchev–Trinajstić information content (AvgIpc) is 3.20. The van der Waals surface area contributed by atoms with Crippen molar-refractivity contribution < 1.29 is 19.1 Å². The fraction of sp³-hybridized carbons (Fsp3) is 0.167. The number of amides is 2. The van der Waals surface area contributed by atoms with Gasteiger partial charge in [0, 0.05) is 16.9 Å². The molecule has 6 nitrogen and oxygen atoms in total. The first-order valence-electron chi connectivity index (χ1n) is 9.72. The molecule has 3 aromatic carbocycles. The van der Waals surface area contributed by atoms with Crippen LogP contribution < -0.4 is 19.7 Å². The molecule has 2 amide bonds. The molecular weight excluding hydrogens is 412 g/mol. The van der Waals surface area contributed by atoms with E-state index in [1.165, 1.54) is 0 Å². The molecule has 158 valence electrons. The molecule has 1 aliphatic heterocycles. The number of nitrogens with one attached hydrogen (secondary N) is 1. The van der Waals surface area contributed by atoms with Crippen LogP contribution in [-0.2, 0) is 4.79 Å². The smallest absolute Gasteiger partial charge is 0.255 e. The standard InChI is InChI=1S/C24H22N2O4S/c1-29-20-11-9-19(10-12-20)26-22(27)15-31-24(26)17-6-3-7-18(13-17)25-23(28)16-5-4-8-21(14-16)30-2/h3-14,24H,15H2,1-2H3,(H,25,28). The molecule has 7 heteroatoms. The van der Waals surface area contributed by atoms with E-state index >= 15 is 0 Å². The number of nitrogens with zero attached hydrogens (tertiary/aromatic N) is 1. The molecular formula is C24H22N2O4S. The Morgan fingerprint density at radius 3 is 2.45 bits per heavy atom. The highest BCUT2D eigenvalue weighted by molar-refractivity contribution is 8.00. The second kappa shape index (κ2) is 9.14. The number of rotatable bonds is 6. The minimum Gasteiger partial charge on any atom is -0.497 e. The largest absolute Gasteiger partial charge is 0.497 e. The molecule has 0 saturated carbocycles. The van der Waals surface area contributed by atoms with E-state index in [9.17, 15) is 9.59 Å². The summed E-state index contributed by atoms with van der Waals surface area (Å²) in [4.78, 5) is 27.1. The van der Waals surface area contributed by atoms with Gasteiger partial charge in [0.15, 0.2) is 0 Å². The summed E-state index contributed by atoms with van der Waals surface area (Å²) in [7, 11) is 3.18. The number of methoxy groups -OCH3 is 2. The summed E-state index contributed by atoms with van der Waals surface area (Å²) in [6.07, 6.45) is 0. The number of carbonyl (C=O) groups excluding carboxylic acids is 2. The summed E-state index contributed by atoms with van der Waals surface area (Å²) >= 11 is 1.56. The third-order valence-corrected chi connectivity index (χ3v) is 6.19. The van der Waals surface area contributed by atoms with E-state index in [1.807, 2.05) is 48.5 Å². The van der Waals surface area contributed by atoms with Gasteiger partial charge >= 0.3 is 0 Å². The maximum Gasteiger partial charge on any atom is 0.255 e. The van der Waals surface area contributed by atoms with Crippen LogP contribution in [0.4, 0.5) is 11.4 Å². The summed E-state index contributed by atoms with van der Waals surface area (Å²) < 4.78 is 10.4. The van der Waals surface area contributed by atoms with Crippen LogP contribution in [0.5, 0.6) is 11.5 Å². The Hall–Kier alpha value is -3.45. The van der Waals surface area contributed by atoms with Gasteiger partial charge in [-0.2, -0.15) is 0 Å². The SMILES string of the molecule is COc1ccc(N2C(=O)CSC2c2cccc(NC(=O)c3cccc(OC)c3)c2)cc1. The summed E-state index contributed by atoms with van der Waals surface area (Å²) in [5.41, 5.74) is 2.93. The molecule has 1 fully saturated rings. The lowest BCUT2D eigenvalue weighted by atomic mass is 10.1. The Kier molecular flexibility index (Phi) is 6.13. The predicted molar refractivity (Wildman–Crippen MR) is 123 cm³/mol. The van der Waals surface area contributed by atoms with E-state index < -0.39 is 0 Å². The molecule has 1 atom stereocenters. The average molecular weight is 435 g/mol. The maximum atomic E-state index is 12.7. The van der Waals surface area contributed by atoms with Crippen molar-refractivity contribution >= 4 is 35.0 Å². The van der Waals surface area contributed by atoms with Gasteiger partial charge in [0.2, 0.25) is 5.91 Å². The Morgan fingerprint density at radius 1 is 0.968 bits per heavy atom. The number of anilines is 2. The fourth-order valence-electron chi connectivity index (χ4n) is 3.43. The zero-order valence-corrected chi connectivity index (χ0v) is 18.0. The third-order valence-electron chi connectivity index (χ3n) is 4.98. The van der Waals surface area contributed by atoms with E-state index in [2.05, 4.69) is 5.32 Å². The number of benzene rings is 3. The lowest BCUT2D eigenvalue weighted by Crippen LogP contribution is -2.27. The zero-order chi connectivity index (χ0) is 21.8. The van der Waals surface area contributed by atoms with Gasteiger partial charge in [-0.05, 0) is 60.2 Å². The number of carbonyl (C=O) groups is 2. The van der Waals surface area contributed by atoms with Crippen LogP contribution in [-0.4, -0.2) is 31.8 Å². The molecule has 1 N–H and O–H groups in total. The molecule has 0 spiro atoms. The van der Waals surface area contributed by atoms with Crippen LogP contribution >= 0.6 is 11.8 Å². The van der Waals surface area contributed by atoms with Gasteiger partial charge in [-0.15, -0.1) is 11.8 Å². The van der Waals surface area contributed by atoms with Gasteiger partial charge < -0.3 is 14.8 Å². The number of ether oxygens (including phenoxy) is 2. The predicted octanol–water partition coefficient (Wildman–Crippen LogP) is 4.73. The number of thioether (sulfide) groups is 1. The molecule has 1 unspecified atom stereocenters. The van der Waals surface area contributed by atoms with Crippen LogP contribution in [0.2, 0.25) is 0 Å². The molecule has 1 aliphatic rings. The van der Waals surface area contributed by atoms with Gasteiger partial charge in [0.05, 0.1) is 20.0 Å². The second-order valence-corrected chi connectivity index (χ2v) is 8.01. The van der Waals surface area contributed by atoms with Crippen molar-refractivity contribution in [2.75, 3.05) is 30.2 Å². The quantitative estimate of drug-likeness (QED) is 0.607. The van der Waals surface area contributed by atoms with Crippen molar-refractivity contribution in [1.82, 2.24) is 0 Å². The molecule has 4 rings (SSSR count). The summed E-state index contributed by atoms with van der Waals surface area (Å²) in [5, 5.41) is 2.76. The monoisotopic (exact) mass is 434 g/mol. The Bertz CT molecular complexity index is 1100. The van der Waals surface area contributed by atoms with E-state index in [0.29, 0.717) is 22.8 Å². The normalized spacial score (nSPS) is 15.6. The van der Waals surface area contributed by atoms with Gasteiger partial charge in [0.25, 0.3) is 5.91 Å². The van der Waals surface area contributed by atoms with Gasteiger partial charge in [-0.1, -0.05) is 18.2 Å². The van der Waals surface area contributed by atoms with Crippen molar-refractivity contribution in [2.45, 2.75) is 5.37 Å². The van der Waals surface area contributed by atoms with E-state index in [4.69, 9.17) is 9.47 Å². The second-order valence-electron chi connectivity index (χ2n) is 6.94. The third kappa shape index (κ3) is 4.51.